The molecule has 3 N–H and O–H groups in total. The van der Waals surface area contributed by atoms with Gasteiger partial charge in [0, 0.05) is 27.7 Å². The van der Waals surface area contributed by atoms with E-state index in [1.54, 1.807) is 12.1 Å². The molecule has 0 radical (unpaired) electrons. The highest BCUT2D eigenvalue weighted by molar-refractivity contribution is 7.21. The minimum absolute atomic E-state index is 0.0138. The van der Waals surface area contributed by atoms with Crippen LogP contribution in [0.3, 0.4) is 0 Å². The molecule has 0 bridgehead atoms. The summed E-state index contributed by atoms with van der Waals surface area (Å²) in [6, 6.07) is 4.63. The minimum atomic E-state index is -1.05. The van der Waals surface area contributed by atoms with E-state index in [4.69, 9.17) is 0 Å². The van der Waals surface area contributed by atoms with E-state index >= 15 is 0 Å². The quantitative estimate of drug-likeness (QED) is 0.792. The average Bonchev–Trinajstić information content (AvgIpc) is 3.10. The van der Waals surface area contributed by atoms with Crippen molar-refractivity contribution in [2.24, 2.45) is 0 Å². The maximum Gasteiger partial charge on any atom is 0.346 e. The van der Waals surface area contributed by atoms with Crippen LogP contribution in [0.1, 0.15) is 28.1 Å². The first-order valence-electron chi connectivity index (χ1n) is 6.35. The van der Waals surface area contributed by atoms with Crippen molar-refractivity contribution in [3.05, 3.63) is 34.5 Å². The molecule has 106 valence electrons. The van der Waals surface area contributed by atoms with Crippen molar-refractivity contribution in [3.8, 4) is 0 Å². The summed E-state index contributed by atoms with van der Waals surface area (Å²) in [4.78, 5) is 11.5. The molecule has 1 saturated carbocycles. The van der Waals surface area contributed by atoms with E-state index in [2.05, 4.69) is 5.32 Å². The SMILES string of the molecule is O=C(O)c1sc2cccc(F)c2c1CNC1(CO)CC1. The van der Waals surface area contributed by atoms with Gasteiger partial charge in [-0.2, -0.15) is 0 Å². The highest BCUT2D eigenvalue weighted by atomic mass is 32.1. The summed E-state index contributed by atoms with van der Waals surface area (Å²) >= 11 is 1.08. The van der Waals surface area contributed by atoms with E-state index in [1.165, 1.54) is 6.07 Å². The van der Waals surface area contributed by atoms with Crippen LogP contribution in [-0.4, -0.2) is 28.3 Å². The lowest BCUT2D eigenvalue weighted by Crippen LogP contribution is -2.34. The first-order valence-corrected chi connectivity index (χ1v) is 7.17. The zero-order valence-corrected chi connectivity index (χ0v) is 11.5. The second-order valence-electron chi connectivity index (χ2n) is 5.12. The maximum absolute atomic E-state index is 14.0. The summed E-state index contributed by atoms with van der Waals surface area (Å²) in [5.41, 5.74) is 0.158. The number of aromatic carboxylic acids is 1. The summed E-state index contributed by atoms with van der Waals surface area (Å²) in [6.07, 6.45) is 1.72. The molecule has 1 aliphatic rings. The molecule has 4 nitrogen and oxygen atoms in total. The number of hydrogen-bond acceptors (Lipinski definition) is 4. The van der Waals surface area contributed by atoms with Gasteiger partial charge in [-0.25, -0.2) is 9.18 Å². The van der Waals surface area contributed by atoms with Crippen molar-refractivity contribution >= 4 is 27.4 Å². The predicted octanol–water partition coefficient (Wildman–Crippen LogP) is 2.35. The van der Waals surface area contributed by atoms with E-state index in [0.29, 0.717) is 15.6 Å². The highest BCUT2D eigenvalue weighted by Gasteiger charge is 2.41. The Balaban J connectivity index is 2.02. The fraction of sp³-hybridized carbons (Fsp3) is 0.357. The van der Waals surface area contributed by atoms with Gasteiger partial charge in [0.2, 0.25) is 0 Å². The number of hydrogen-bond donors (Lipinski definition) is 3. The number of nitrogens with one attached hydrogen (secondary N) is 1. The molecule has 3 rings (SSSR count). The molecular weight excluding hydrogens is 281 g/mol. The monoisotopic (exact) mass is 295 g/mol. The molecule has 1 aliphatic carbocycles. The van der Waals surface area contributed by atoms with Crippen molar-refractivity contribution in [3.63, 3.8) is 0 Å². The van der Waals surface area contributed by atoms with Gasteiger partial charge in [-0.3, -0.25) is 0 Å². The average molecular weight is 295 g/mol. The first kappa shape index (κ1) is 13.5. The molecule has 0 atom stereocenters. The Morgan fingerprint density at radius 1 is 1.45 bits per heavy atom. The van der Waals surface area contributed by atoms with Crippen LogP contribution in [0.2, 0.25) is 0 Å². The maximum atomic E-state index is 14.0. The first-order chi connectivity index (χ1) is 9.56. The number of benzene rings is 1. The summed E-state index contributed by atoms with van der Waals surface area (Å²) in [6.45, 7) is 0.267. The lowest BCUT2D eigenvalue weighted by molar-refractivity contribution is 0.0701. The number of carboxylic acid groups (broad SMARTS) is 1. The van der Waals surface area contributed by atoms with Crippen molar-refractivity contribution in [2.75, 3.05) is 6.61 Å². The lowest BCUT2D eigenvalue weighted by Gasteiger charge is -2.14. The lowest BCUT2D eigenvalue weighted by atomic mass is 10.1. The normalized spacial score (nSPS) is 16.5. The van der Waals surface area contributed by atoms with Crippen LogP contribution >= 0.6 is 11.3 Å². The predicted molar refractivity (Wildman–Crippen MR) is 74.6 cm³/mol. The molecule has 0 aliphatic heterocycles. The number of thiophene rings is 1. The van der Waals surface area contributed by atoms with Gasteiger partial charge in [-0.05, 0) is 25.0 Å². The number of carbonyl (C=O) groups is 1. The number of aliphatic hydroxyl groups excluding tert-OH is 1. The fourth-order valence-corrected chi connectivity index (χ4v) is 3.40. The van der Waals surface area contributed by atoms with Crippen LogP contribution in [0.5, 0.6) is 0 Å². The third-order valence-corrected chi connectivity index (χ3v) is 4.94. The van der Waals surface area contributed by atoms with Gasteiger partial charge in [-0.1, -0.05) is 6.07 Å². The van der Waals surface area contributed by atoms with Crippen molar-refractivity contribution in [1.82, 2.24) is 5.32 Å². The Morgan fingerprint density at radius 2 is 2.20 bits per heavy atom. The molecule has 0 saturated heterocycles. The van der Waals surface area contributed by atoms with Crippen LogP contribution in [0.4, 0.5) is 4.39 Å². The molecule has 6 heteroatoms. The van der Waals surface area contributed by atoms with E-state index in [9.17, 15) is 19.4 Å². The molecule has 0 amide bonds. The van der Waals surface area contributed by atoms with Crippen LogP contribution in [0.25, 0.3) is 10.1 Å². The highest BCUT2D eigenvalue weighted by Crippen LogP contribution is 2.37. The fourth-order valence-electron chi connectivity index (χ4n) is 2.33. The molecule has 1 aromatic carbocycles. The van der Waals surface area contributed by atoms with Crippen molar-refractivity contribution < 1.29 is 19.4 Å². The number of fused-ring (bicyclic) bond motifs is 1. The van der Waals surface area contributed by atoms with Crippen LogP contribution in [-0.2, 0) is 6.54 Å². The topological polar surface area (TPSA) is 69.6 Å². The summed E-state index contributed by atoms with van der Waals surface area (Å²) in [5, 5.41) is 22.1. The van der Waals surface area contributed by atoms with Crippen molar-refractivity contribution in [1.29, 1.82) is 0 Å². The Labute approximate surface area is 118 Å². The Morgan fingerprint density at radius 3 is 2.80 bits per heavy atom. The number of halogens is 1. The van der Waals surface area contributed by atoms with Crippen LogP contribution < -0.4 is 5.32 Å². The summed E-state index contributed by atoms with van der Waals surface area (Å²) < 4.78 is 14.6. The Hall–Kier alpha value is -1.50. The van der Waals surface area contributed by atoms with Gasteiger partial charge in [0.05, 0.1) is 6.61 Å². The summed E-state index contributed by atoms with van der Waals surface area (Å²) in [5.74, 6) is -1.45. The standard InChI is InChI=1S/C14H14FNO3S/c15-9-2-1-3-10-11(9)8(12(20-10)13(18)19)6-16-14(7-17)4-5-14/h1-3,16-17H,4-7H2,(H,18,19). The number of aliphatic hydroxyl groups is 1. The Kier molecular flexibility index (Phi) is 3.24. The van der Waals surface area contributed by atoms with Crippen LogP contribution in [0.15, 0.2) is 18.2 Å². The zero-order chi connectivity index (χ0) is 14.3. The van der Waals surface area contributed by atoms with Gasteiger partial charge in [0.15, 0.2) is 0 Å². The smallest absolute Gasteiger partial charge is 0.346 e. The number of rotatable bonds is 5. The third kappa shape index (κ3) is 2.19. The zero-order valence-electron chi connectivity index (χ0n) is 10.6. The van der Waals surface area contributed by atoms with E-state index < -0.39 is 11.8 Å². The van der Waals surface area contributed by atoms with E-state index in [1.807, 2.05) is 0 Å². The van der Waals surface area contributed by atoms with Gasteiger partial charge < -0.3 is 15.5 Å². The number of carboxylic acids is 1. The molecule has 20 heavy (non-hydrogen) atoms. The molecule has 0 spiro atoms. The Bertz CT molecular complexity index is 678. The van der Waals surface area contributed by atoms with Crippen LogP contribution in [0, 0.1) is 5.82 Å². The van der Waals surface area contributed by atoms with Crippen molar-refractivity contribution in [2.45, 2.75) is 24.9 Å². The molecule has 1 fully saturated rings. The largest absolute Gasteiger partial charge is 0.477 e. The minimum Gasteiger partial charge on any atom is -0.477 e. The van der Waals surface area contributed by atoms with Gasteiger partial charge in [0.25, 0.3) is 0 Å². The molecule has 0 unspecified atom stereocenters. The van der Waals surface area contributed by atoms with Gasteiger partial charge >= 0.3 is 5.97 Å². The third-order valence-electron chi connectivity index (χ3n) is 3.75. The van der Waals surface area contributed by atoms with Gasteiger partial charge in [0.1, 0.15) is 10.7 Å². The molecule has 1 heterocycles. The van der Waals surface area contributed by atoms with E-state index in [0.717, 1.165) is 24.2 Å². The molecular formula is C14H14FNO3S. The second kappa shape index (κ2) is 4.80. The summed E-state index contributed by atoms with van der Waals surface area (Å²) in [7, 11) is 0. The second-order valence-corrected chi connectivity index (χ2v) is 6.17. The molecule has 1 aromatic heterocycles. The van der Waals surface area contributed by atoms with Gasteiger partial charge in [-0.15, -0.1) is 11.3 Å². The van der Waals surface area contributed by atoms with E-state index in [-0.39, 0.29) is 23.6 Å². The molecule has 2 aromatic rings.